The zero-order valence-electron chi connectivity index (χ0n) is 14.9. The van der Waals surface area contributed by atoms with Gasteiger partial charge >= 0.3 is 0 Å². The molecule has 25 heavy (non-hydrogen) atoms. The maximum Gasteiger partial charge on any atom is 0.191 e. The molecule has 0 fully saturated rings. The molecule has 1 atom stereocenters. The lowest BCUT2D eigenvalue weighted by molar-refractivity contribution is 0.691. The monoisotopic (exact) mass is 336 g/mol. The minimum Gasteiger partial charge on any atom is -0.356 e. The molecule has 0 radical (unpaired) electrons. The van der Waals surface area contributed by atoms with Crippen molar-refractivity contribution < 1.29 is 0 Å². The van der Waals surface area contributed by atoms with Crippen molar-refractivity contribution in [3.05, 3.63) is 65.6 Å². The number of hydrogen-bond acceptors (Lipinski definition) is 3. The van der Waals surface area contributed by atoms with Gasteiger partial charge in [0, 0.05) is 19.8 Å². The van der Waals surface area contributed by atoms with Crippen molar-refractivity contribution in [2.45, 2.75) is 26.3 Å². The lowest BCUT2D eigenvalue weighted by Gasteiger charge is -2.16. The highest BCUT2D eigenvalue weighted by Gasteiger charge is 2.08. The summed E-state index contributed by atoms with van der Waals surface area (Å²) in [7, 11) is 1.77. The normalized spacial score (nSPS) is 13.0. The molecule has 1 aromatic carbocycles. The van der Waals surface area contributed by atoms with Crippen LogP contribution in [-0.2, 0) is 6.54 Å². The summed E-state index contributed by atoms with van der Waals surface area (Å²) >= 11 is 0. The topological polar surface area (TPSA) is 66.6 Å². The molecule has 3 aromatic rings. The number of pyridine rings is 1. The van der Waals surface area contributed by atoms with Crippen LogP contribution >= 0.6 is 0 Å². The van der Waals surface area contributed by atoms with Gasteiger partial charge in [-0.05, 0) is 30.5 Å². The number of fused-ring (bicyclic) bond motifs is 1. The first-order valence-corrected chi connectivity index (χ1v) is 8.47. The predicted molar refractivity (Wildman–Crippen MR) is 101 cm³/mol. The minimum absolute atomic E-state index is 0.396. The van der Waals surface area contributed by atoms with E-state index in [1.807, 2.05) is 28.8 Å². The first-order valence-electron chi connectivity index (χ1n) is 8.47. The van der Waals surface area contributed by atoms with Crippen molar-refractivity contribution in [2.75, 3.05) is 13.6 Å². The van der Waals surface area contributed by atoms with Gasteiger partial charge < -0.3 is 10.6 Å². The molecule has 0 aliphatic heterocycles. The molecule has 130 valence electrons. The Balaban J connectivity index is 1.56. The molecule has 0 spiro atoms. The molecule has 6 nitrogen and oxygen atoms in total. The molecular weight excluding hydrogens is 312 g/mol. The van der Waals surface area contributed by atoms with E-state index in [1.54, 1.807) is 7.05 Å². The summed E-state index contributed by atoms with van der Waals surface area (Å²) in [6, 6.07) is 14.5. The van der Waals surface area contributed by atoms with Crippen molar-refractivity contribution in [2.24, 2.45) is 4.99 Å². The largest absolute Gasteiger partial charge is 0.356 e. The molecule has 0 aliphatic rings. The molecule has 2 aromatic heterocycles. The van der Waals surface area contributed by atoms with E-state index in [0.29, 0.717) is 12.5 Å². The number of nitrogens with zero attached hydrogens (tertiary/aromatic N) is 4. The lowest BCUT2D eigenvalue weighted by Crippen LogP contribution is -2.39. The average Bonchev–Trinajstić information content (AvgIpc) is 3.05. The number of benzene rings is 1. The lowest BCUT2D eigenvalue weighted by atomic mass is 9.99. The molecule has 6 heteroatoms. The van der Waals surface area contributed by atoms with Crippen molar-refractivity contribution >= 4 is 11.6 Å². The Morgan fingerprint density at radius 3 is 2.84 bits per heavy atom. The van der Waals surface area contributed by atoms with Crippen LogP contribution in [0.5, 0.6) is 0 Å². The molecule has 0 aliphatic carbocycles. The maximum atomic E-state index is 4.29. The van der Waals surface area contributed by atoms with Gasteiger partial charge in [-0.25, -0.2) is 0 Å². The second kappa shape index (κ2) is 7.79. The molecule has 0 bridgehead atoms. The smallest absolute Gasteiger partial charge is 0.191 e. The zero-order chi connectivity index (χ0) is 17.6. The van der Waals surface area contributed by atoms with Crippen LogP contribution in [0.15, 0.2) is 53.7 Å². The summed E-state index contributed by atoms with van der Waals surface area (Å²) in [4.78, 5) is 4.29. The van der Waals surface area contributed by atoms with E-state index in [2.05, 4.69) is 63.9 Å². The highest BCUT2D eigenvalue weighted by atomic mass is 15.3. The van der Waals surface area contributed by atoms with E-state index in [9.17, 15) is 0 Å². The number of aliphatic imine (C=N–C) groups is 1. The SMILES string of the molecule is CN=C(NCc1nnc2ccccn12)NCC(C)c1cccc(C)c1. The van der Waals surface area contributed by atoms with Crippen LogP contribution in [0, 0.1) is 6.92 Å². The van der Waals surface area contributed by atoms with Crippen LogP contribution in [0.2, 0.25) is 0 Å². The quantitative estimate of drug-likeness (QED) is 0.555. The summed E-state index contributed by atoms with van der Waals surface area (Å²) in [5.74, 6) is 2.00. The fraction of sp³-hybridized carbons (Fsp3) is 0.316. The molecular formula is C19H24N6. The summed E-state index contributed by atoms with van der Waals surface area (Å²) in [6.07, 6.45) is 1.96. The van der Waals surface area contributed by atoms with Gasteiger partial charge in [0.1, 0.15) is 0 Å². The fourth-order valence-corrected chi connectivity index (χ4v) is 2.74. The highest BCUT2D eigenvalue weighted by Crippen LogP contribution is 2.15. The standard InChI is InChI=1S/C19H24N6/c1-14-7-6-8-16(11-14)15(2)12-21-19(20-3)22-13-18-24-23-17-9-4-5-10-25(17)18/h4-11,15H,12-13H2,1-3H3,(H2,20,21,22). The Hall–Kier alpha value is -2.89. The molecule has 2 heterocycles. The third kappa shape index (κ3) is 4.15. The maximum absolute atomic E-state index is 4.29. The van der Waals surface area contributed by atoms with Gasteiger partial charge in [-0.15, -0.1) is 10.2 Å². The van der Waals surface area contributed by atoms with Crippen LogP contribution in [-0.4, -0.2) is 34.2 Å². The molecule has 3 rings (SSSR count). The summed E-state index contributed by atoms with van der Waals surface area (Å²) < 4.78 is 1.97. The van der Waals surface area contributed by atoms with Crippen LogP contribution in [0.1, 0.15) is 29.8 Å². The van der Waals surface area contributed by atoms with Crippen LogP contribution in [0.3, 0.4) is 0 Å². The number of aromatic nitrogens is 3. The van der Waals surface area contributed by atoms with Crippen molar-refractivity contribution in [1.29, 1.82) is 0 Å². The van der Waals surface area contributed by atoms with Gasteiger partial charge in [0.25, 0.3) is 0 Å². The van der Waals surface area contributed by atoms with E-state index in [1.165, 1.54) is 11.1 Å². The van der Waals surface area contributed by atoms with Crippen molar-refractivity contribution in [3.8, 4) is 0 Å². The van der Waals surface area contributed by atoms with Crippen LogP contribution in [0.25, 0.3) is 5.65 Å². The third-order valence-electron chi connectivity index (χ3n) is 4.21. The van der Waals surface area contributed by atoms with Crippen LogP contribution < -0.4 is 10.6 Å². The Morgan fingerprint density at radius 2 is 2.04 bits per heavy atom. The minimum atomic E-state index is 0.396. The fourth-order valence-electron chi connectivity index (χ4n) is 2.74. The molecule has 0 saturated heterocycles. The summed E-state index contributed by atoms with van der Waals surface area (Å²) in [6.45, 7) is 5.70. The molecule has 0 amide bonds. The van der Waals surface area contributed by atoms with Gasteiger partial charge in [0.05, 0.1) is 6.54 Å². The first-order chi connectivity index (χ1) is 12.2. The first kappa shape index (κ1) is 17.0. The second-order valence-corrected chi connectivity index (χ2v) is 6.17. The van der Waals surface area contributed by atoms with Gasteiger partial charge in [-0.3, -0.25) is 9.39 Å². The predicted octanol–water partition coefficient (Wildman–Crippen LogP) is 2.51. The number of rotatable bonds is 5. The number of nitrogens with one attached hydrogen (secondary N) is 2. The Morgan fingerprint density at radius 1 is 1.16 bits per heavy atom. The van der Waals surface area contributed by atoms with E-state index >= 15 is 0 Å². The van der Waals surface area contributed by atoms with E-state index in [0.717, 1.165) is 24.0 Å². The van der Waals surface area contributed by atoms with E-state index < -0.39 is 0 Å². The molecule has 2 N–H and O–H groups in total. The zero-order valence-corrected chi connectivity index (χ0v) is 14.9. The summed E-state index contributed by atoms with van der Waals surface area (Å²) in [5.41, 5.74) is 3.45. The Kier molecular flexibility index (Phi) is 5.28. The van der Waals surface area contributed by atoms with E-state index in [4.69, 9.17) is 0 Å². The molecule has 1 unspecified atom stereocenters. The number of aryl methyl sites for hydroxylation is 1. The van der Waals surface area contributed by atoms with E-state index in [-0.39, 0.29) is 0 Å². The Bertz CT molecular complexity index is 867. The second-order valence-electron chi connectivity index (χ2n) is 6.17. The third-order valence-corrected chi connectivity index (χ3v) is 4.21. The number of guanidine groups is 1. The summed E-state index contributed by atoms with van der Waals surface area (Å²) in [5, 5.41) is 15.1. The van der Waals surface area contributed by atoms with Gasteiger partial charge in [0.2, 0.25) is 0 Å². The highest BCUT2D eigenvalue weighted by molar-refractivity contribution is 5.79. The van der Waals surface area contributed by atoms with Gasteiger partial charge in [0.15, 0.2) is 17.4 Å². The Labute approximate surface area is 148 Å². The average molecular weight is 336 g/mol. The number of hydrogen-bond donors (Lipinski definition) is 2. The van der Waals surface area contributed by atoms with Gasteiger partial charge in [-0.2, -0.15) is 0 Å². The molecule has 0 saturated carbocycles. The van der Waals surface area contributed by atoms with Crippen molar-refractivity contribution in [3.63, 3.8) is 0 Å². The van der Waals surface area contributed by atoms with Gasteiger partial charge in [-0.1, -0.05) is 42.8 Å². The van der Waals surface area contributed by atoms with Crippen LogP contribution in [0.4, 0.5) is 0 Å². The van der Waals surface area contributed by atoms with Crippen molar-refractivity contribution in [1.82, 2.24) is 25.2 Å².